The van der Waals surface area contributed by atoms with E-state index in [9.17, 15) is 0 Å². The van der Waals surface area contributed by atoms with Crippen molar-refractivity contribution in [1.29, 1.82) is 0 Å². The molecule has 1 aliphatic heterocycles. The molecule has 6 rings (SSSR count). The highest BCUT2D eigenvalue weighted by atomic mass is 79.9. The first-order valence-electron chi connectivity index (χ1n) is 9.32. The van der Waals surface area contributed by atoms with Crippen LogP contribution in [0.5, 0.6) is 0 Å². The zero-order valence-electron chi connectivity index (χ0n) is 15.0. The summed E-state index contributed by atoms with van der Waals surface area (Å²) >= 11 is 3.64. The van der Waals surface area contributed by atoms with Crippen LogP contribution in [0.4, 0.5) is 0 Å². The van der Waals surface area contributed by atoms with Crippen molar-refractivity contribution in [3.05, 3.63) is 94.6 Å². The van der Waals surface area contributed by atoms with Crippen molar-refractivity contribution < 1.29 is 0 Å². The second kappa shape index (κ2) is 5.94. The maximum absolute atomic E-state index is 5.03. The van der Waals surface area contributed by atoms with Gasteiger partial charge in [-0.05, 0) is 35.9 Å². The summed E-state index contributed by atoms with van der Waals surface area (Å²) in [7, 11) is 0. The zero-order valence-corrected chi connectivity index (χ0v) is 16.6. The molecule has 0 amide bonds. The van der Waals surface area contributed by atoms with E-state index in [0.29, 0.717) is 0 Å². The Bertz CT molecular complexity index is 1390. The van der Waals surface area contributed by atoms with Crippen LogP contribution in [0.1, 0.15) is 11.3 Å². The number of aromatic nitrogens is 3. The van der Waals surface area contributed by atoms with E-state index in [0.717, 1.165) is 33.6 Å². The summed E-state index contributed by atoms with van der Waals surface area (Å²) in [4.78, 5) is 8.70. The molecule has 0 spiro atoms. The number of allylic oxidation sites excluding steroid dienone is 1. The number of halogens is 1. The van der Waals surface area contributed by atoms with Crippen LogP contribution in [0, 0.1) is 0 Å². The average molecular weight is 426 g/mol. The molecule has 5 aromatic rings. The molecule has 4 heteroatoms. The van der Waals surface area contributed by atoms with Gasteiger partial charge in [0, 0.05) is 27.5 Å². The van der Waals surface area contributed by atoms with Crippen molar-refractivity contribution in [2.24, 2.45) is 0 Å². The smallest absolute Gasteiger partial charge is 0.144 e. The molecule has 28 heavy (non-hydrogen) atoms. The van der Waals surface area contributed by atoms with Crippen molar-refractivity contribution in [2.75, 3.05) is 0 Å². The van der Waals surface area contributed by atoms with E-state index in [4.69, 9.17) is 4.98 Å². The molecule has 1 N–H and O–H groups in total. The van der Waals surface area contributed by atoms with Crippen LogP contribution in [0.3, 0.4) is 0 Å². The van der Waals surface area contributed by atoms with Gasteiger partial charge in [0.15, 0.2) is 0 Å². The van der Waals surface area contributed by atoms with Gasteiger partial charge in [-0.3, -0.25) is 0 Å². The van der Waals surface area contributed by atoms with Gasteiger partial charge in [-0.25, -0.2) is 4.98 Å². The van der Waals surface area contributed by atoms with Crippen molar-refractivity contribution >= 4 is 43.4 Å². The maximum atomic E-state index is 5.03. The normalized spacial score (nSPS) is 13.2. The highest BCUT2D eigenvalue weighted by Crippen LogP contribution is 2.41. The highest BCUT2D eigenvalue weighted by molar-refractivity contribution is 9.10. The number of hydrogen-bond donors (Lipinski definition) is 1. The van der Waals surface area contributed by atoms with Crippen molar-refractivity contribution in [3.8, 4) is 11.4 Å². The number of para-hydroxylation sites is 2. The second-order valence-corrected chi connectivity index (χ2v) is 8.00. The van der Waals surface area contributed by atoms with Crippen LogP contribution < -0.4 is 0 Å². The molecule has 0 atom stereocenters. The van der Waals surface area contributed by atoms with Crippen molar-refractivity contribution in [3.63, 3.8) is 0 Å². The SMILES string of the molecule is Brc1ccc2[nH]c3c(c2c1)-c1nc2ccccc2n1CC=C3c1ccccc1. The standard InChI is InChI=1S/C24H16BrN3/c25-16-10-11-19-18(14-16)22-23(26-19)17(15-6-2-1-3-7-15)12-13-28-21-9-5-4-8-20(21)27-24(22)28/h1-12,14,26H,13H2. The molecule has 0 aliphatic carbocycles. The molecule has 3 heterocycles. The minimum Gasteiger partial charge on any atom is -0.354 e. The Balaban J connectivity index is 1.75. The van der Waals surface area contributed by atoms with Gasteiger partial charge in [0.2, 0.25) is 0 Å². The summed E-state index contributed by atoms with van der Waals surface area (Å²) in [5.41, 5.74) is 8.05. The Hall–Kier alpha value is -3.11. The van der Waals surface area contributed by atoms with Crippen LogP contribution in [-0.2, 0) is 6.54 Å². The van der Waals surface area contributed by atoms with Crippen molar-refractivity contribution in [2.45, 2.75) is 6.54 Å². The molecule has 0 bridgehead atoms. The first kappa shape index (κ1) is 15.9. The molecule has 2 aromatic heterocycles. The number of imidazole rings is 1. The van der Waals surface area contributed by atoms with E-state index in [-0.39, 0.29) is 0 Å². The average Bonchev–Trinajstić information content (AvgIpc) is 3.22. The molecule has 0 unspecified atom stereocenters. The van der Waals surface area contributed by atoms with E-state index >= 15 is 0 Å². The van der Waals surface area contributed by atoms with E-state index in [1.54, 1.807) is 0 Å². The number of hydrogen-bond acceptors (Lipinski definition) is 1. The Morgan fingerprint density at radius 1 is 0.929 bits per heavy atom. The summed E-state index contributed by atoms with van der Waals surface area (Å²) in [5.74, 6) is 1.02. The molecule has 134 valence electrons. The minimum atomic E-state index is 0.790. The lowest BCUT2D eigenvalue weighted by atomic mass is 9.99. The van der Waals surface area contributed by atoms with Crippen LogP contribution in [-0.4, -0.2) is 14.5 Å². The first-order valence-corrected chi connectivity index (χ1v) is 10.1. The number of H-pyrrole nitrogens is 1. The summed E-state index contributed by atoms with van der Waals surface area (Å²) < 4.78 is 3.39. The van der Waals surface area contributed by atoms with Crippen LogP contribution in [0.2, 0.25) is 0 Å². The number of fused-ring (bicyclic) bond motifs is 7. The number of benzene rings is 3. The topological polar surface area (TPSA) is 33.6 Å². The zero-order chi connectivity index (χ0) is 18.7. The third-order valence-corrected chi connectivity index (χ3v) is 5.96. The summed E-state index contributed by atoms with van der Waals surface area (Å²) in [5, 5.41) is 1.18. The Morgan fingerprint density at radius 2 is 1.75 bits per heavy atom. The Labute approximate surface area is 170 Å². The van der Waals surface area contributed by atoms with Crippen molar-refractivity contribution in [1.82, 2.24) is 14.5 Å². The molecule has 3 aromatic carbocycles. The molecule has 0 radical (unpaired) electrons. The molecular formula is C24H16BrN3. The number of nitrogens with one attached hydrogen (secondary N) is 1. The second-order valence-electron chi connectivity index (χ2n) is 7.08. The maximum Gasteiger partial charge on any atom is 0.144 e. The fourth-order valence-corrected chi connectivity index (χ4v) is 4.58. The largest absolute Gasteiger partial charge is 0.354 e. The summed E-state index contributed by atoms with van der Waals surface area (Å²) in [6, 6.07) is 25.3. The van der Waals surface area contributed by atoms with Gasteiger partial charge in [0.1, 0.15) is 5.82 Å². The lowest BCUT2D eigenvalue weighted by Crippen LogP contribution is -1.96. The van der Waals surface area contributed by atoms with Gasteiger partial charge < -0.3 is 9.55 Å². The monoisotopic (exact) mass is 425 g/mol. The Kier molecular flexibility index (Phi) is 3.38. The third kappa shape index (κ3) is 2.25. The molecule has 0 saturated carbocycles. The predicted molar refractivity (Wildman–Crippen MR) is 118 cm³/mol. The predicted octanol–water partition coefficient (Wildman–Crippen LogP) is 6.39. The van der Waals surface area contributed by atoms with Crippen LogP contribution in [0.25, 0.3) is 38.9 Å². The van der Waals surface area contributed by atoms with Gasteiger partial charge in [0.25, 0.3) is 0 Å². The fourth-order valence-electron chi connectivity index (χ4n) is 4.21. The Morgan fingerprint density at radius 3 is 2.64 bits per heavy atom. The fraction of sp³-hybridized carbons (Fsp3) is 0.0417. The lowest BCUT2D eigenvalue weighted by molar-refractivity contribution is 0.866. The quantitative estimate of drug-likeness (QED) is 0.331. The summed E-state index contributed by atoms with van der Waals surface area (Å²) in [6.45, 7) is 0.790. The van der Waals surface area contributed by atoms with Gasteiger partial charge in [0.05, 0.1) is 22.3 Å². The van der Waals surface area contributed by atoms with E-state index in [1.165, 1.54) is 27.6 Å². The minimum absolute atomic E-state index is 0.790. The van der Waals surface area contributed by atoms with E-state index < -0.39 is 0 Å². The molecule has 1 aliphatic rings. The number of aromatic amines is 1. The first-order chi connectivity index (χ1) is 13.8. The number of rotatable bonds is 1. The van der Waals surface area contributed by atoms with Crippen LogP contribution >= 0.6 is 15.9 Å². The van der Waals surface area contributed by atoms with Gasteiger partial charge in [-0.15, -0.1) is 0 Å². The van der Waals surface area contributed by atoms with E-state index in [1.807, 2.05) is 6.07 Å². The molecule has 0 fully saturated rings. The number of nitrogens with zero attached hydrogens (tertiary/aromatic N) is 2. The highest BCUT2D eigenvalue weighted by Gasteiger charge is 2.25. The summed E-state index contributed by atoms with van der Waals surface area (Å²) in [6.07, 6.45) is 2.31. The van der Waals surface area contributed by atoms with Crippen LogP contribution in [0.15, 0.2) is 83.3 Å². The molecule has 0 saturated heterocycles. The van der Waals surface area contributed by atoms with Gasteiger partial charge >= 0.3 is 0 Å². The lowest BCUT2D eigenvalue weighted by Gasteiger charge is -2.06. The molecule has 3 nitrogen and oxygen atoms in total. The van der Waals surface area contributed by atoms with Gasteiger partial charge in [-0.2, -0.15) is 0 Å². The molecular weight excluding hydrogens is 410 g/mol. The van der Waals surface area contributed by atoms with Gasteiger partial charge in [-0.1, -0.05) is 64.5 Å². The van der Waals surface area contributed by atoms with E-state index in [2.05, 4.69) is 98.3 Å². The third-order valence-electron chi connectivity index (χ3n) is 5.47.